The highest BCUT2D eigenvalue weighted by atomic mass is 19.4. The van der Waals surface area contributed by atoms with E-state index in [-0.39, 0.29) is 11.7 Å². The highest BCUT2D eigenvalue weighted by Crippen LogP contribution is 2.40. The topological polar surface area (TPSA) is 37.8 Å². The van der Waals surface area contributed by atoms with E-state index in [1.807, 2.05) is 6.92 Å². The van der Waals surface area contributed by atoms with Crippen LogP contribution in [0.15, 0.2) is 6.07 Å². The predicted molar refractivity (Wildman–Crippen MR) is 57.8 cm³/mol. The van der Waals surface area contributed by atoms with Crippen LogP contribution >= 0.6 is 0 Å². The molecule has 0 unspecified atom stereocenters. The molecule has 0 bridgehead atoms. The lowest BCUT2D eigenvalue weighted by Gasteiger charge is -2.10. The molecule has 0 saturated heterocycles. The minimum Gasteiger partial charge on any atom is -0.370 e. The standard InChI is InChI=1S/C11H14F3N3/c1-2-5-15-9-6-8(7-3-4-7)16-10(17-9)11(12,13)14/h6-7H,2-5H2,1H3,(H,15,16,17). The summed E-state index contributed by atoms with van der Waals surface area (Å²) in [6.07, 6.45) is -1.80. The van der Waals surface area contributed by atoms with Crippen molar-refractivity contribution >= 4 is 5.82 Å². The van der Waals surface area contributed by atoms with Gasteiger partial charge < -0.3 is 5.32 Å². The van der Waals surface area contributed by atoms with Gasteiger partial charge in [0.05, 0.1) is 0 Å². The first-order valence-corrected chi connectivity index (χ1v) is 5.70. The monoisotopic (exact) mass is 245 g/mol. The summed E-state index contributed by atoms with van der Waals surface area (Å²) in [5, 5.41) is 2.88. The van der Waals surface area contributed by atoms with Crippen molar-refractivity contribution in [2.75, 3.05) is 11.9 Å². The van der Waals surface area contributed by atoms with Crippen LogP contribution in [0.2, 0.25) is 0 Å². The van der Waals surface area contributed by atoms with E-state index in [9.17, 15) is 13.2 Å². The molecule has 0 aliphatic heterocycles. The first-order chi connectivity index (χ1) is 8.00. The zero-order valence-electron chi connectivity index (χ0n) is 9.51. The molecular weight excluding hydrogens is 231 g/mol. The van der Waals surface area contributed by atoms with Crippen LogP contribution in [0, 0.1) is 0 Å². The lowest BCUT2D eigenvalue weighted by Crippen LogP contribution is -2.14. The Hall–Kier alpha value is -1.33. The molecule has 3 nitrogen and oxygen atoms in total. The first kappa shape index (κ1) is 12.1. The largest absolute Gasteiger partial charge is 0.451 e. The Morgan fingerprint density at radius 3 is 2.59 bits per heavy atom. The quantitative estimate of drug-likeness (QED) is 0.885. The van der Waals surface area contributed by atoms with E-state index in [1.165, 1.54) is 0 Å². The number of aromatic nitrogens is 2. The highest BCUT2D eigenvalue weighted by Gasteiger charge is 2.37. The van der Waals surface area contributed by atoms with Gasteiger partial charge in [0.15, 0.2) is 0 Å². The van der Waals surface area contributed by atoms with Crippen LogP contribution in [-0.4, -0.2) is 16.5 Å². The second kappa shape index (κ2) is 4.50. The van der Waals surface area contributed by atoms with Gasteiger partial charge in [0.2, 0.25) is 5.82 Å². The molecule has 1 aromatic heterocycles. The third-order valence-corrected chi connectivity index (χ3v) is 2.55. The maximum absolute atomic E-state index is 12.6. The molecular formula is C11H14F3N3. The highest BCUT2D eigenvalue weighted by molar-refractivity contribution is 5.38. The number of nitrogens with zero attached hydrogens (tertiary/aromatic N) is 2. The van der Waals surface area contributed by atoms with E-state index in [4.69, 9.17) is 0 Å². The number of halogens is 3. The van der Waals surface area contributed by atoms with Crippen LogP contribution in [0.5, 0.6) is 0 Å². The van der Waals surface area contributed by atoms with Crippen molar-refractivity contribution in [3.8, 4) is 0 Å². The van der Waals surface area contributed by atoms with Gasteiger partial charge >= 0.3 is 6.18 Å². The Morgan fingerprint density at radius 1 is 1.35 bits per heavy atom. The molecule has 0 amide bonds. The molecule has 0 radical (unpaired) electrons. The fourth-order valence-electron chi connectivity index (χ4n) is 1.52. The number of nitrogens with one attached hydrogen (secondary N) is 1. The predicted octanol–water partition coefficient (Wildman–Crippen LogP) is 3.19. The van der Waals surface area contributed by atoms with E-state index in [1.54, 1.807) is 6.07 Å². The van der Waals surface area contributed by atoms with Crippen LogP contribution in [0.3, 0.4) is 0 Å². The summed E-state index contributed by atoms with van der Waals surface area (Å²) in [6, 6.07) is 1.63. The van der Waals surface area contributed by atoms with Crippen LogP contribution in [0.4, 0.5) is 19.0 Å². The van der Waals surface area contributed by atoms with Crippen molar-refractivity contribution in [1.82, 2.24) is 9.97 Å². The van der Waals surface area contributed by atoms with E-state index >= 15 is 0 Å². The summed E-state index contributed by atoms with van der Waals surface area (Å²) < 4.78 is 37.8. The molecule has 1 aliphatic carbocycles. The number of alkyl halides is 3. The summed E-state index contributed by atoms with van der Waals surface area (Å²) in [7, 11) is 0. The zero-order chi connectivity index (χ0) is 12.5. The third-order valence-electron chi connectivity index (χ3n) is 2.55. The van der Waals surface area contributed by atoms with Gasteiger partial charge in [-0.05, 0) is 19.3 Å². The molecule has 0 atom stereocenters. The Morgan fingerprint density at radius 2 is 2.06 bits per heavy atom. The maximum atomic E-state index is 12.6. The number of hydrogen-bond donors (Lipinski definition) is 1. The van der Waals surface area contributed by atoms with E-state index in [2.05, 4.69) is 15.3 Å². The lowest BCUT2D eigenvalue weighted by atomic mass is 10.2. The van der Waals surface area contributed by atoms with Gasteiger partial charge in [-0.25, -0.2) is 9.97 Å². The number of anilines is 1. The number of hydrogen-bond acceptors (Lipinski definition) is 3. The molecule has 1 saturated carbocycles. The summed E-state index contributed by atoms with van der Waals surface area (Å²) in [5.74, 6) is -0.585. The summed E-state index contributed by atoms with van der Waals surface area (Å²) in [6.45, 7) is 2.55. The van der Waals surface area contributed by atoms with Gasteiger partial charge in [0.1, 0.15) is 5.82 Å². The molecule has 6 heteroatoms. The summed E-state index contributed by atoms with van der Waals surface area (Å²) >= 11 is 0. The maximum Gasteiger partial charge on any atom is 0.451 e. The molecule has 94 valence electrons. The van der Waals surface area contributed by atoms with Crippen LogP contribution in [-0.2, 0) is 6.18 Å². The van der Waals surface area contributed by atoms with Crippen molar-refractivity contribution in [2.24, 2.45) is 0 Å². The Bertz CT molecular complexity index is 399. The third kappa shape index (κ3) is 3.08. The fraction of sp³-hybridized carbons (Fsp3) is 0.636. The summed E-state index contributed by atoms with van der Waals surface area (Å²) in [4.78, 5) is 7.10. The van der Waals surface area contributed by atoms with Crippen LogP contribution < -0.4 is 5.32 Å². The van der Waals surface area contributed by atoms with Gasteiger partial charge in [0, 0.05) is 24.2 Å². The molecule has 1 aliphatic rings. The Labute approximate surface area is 97.5 Å². The average molecular weight is 245 g/mol. The zero-order valence-corrected chi connectivity index (χ0v) is 9.51. The van der Waals surface area contributed by atoms with Gasteiger partial charge in [-0.15, -0.1) is 0 Å². The van der Waals surface area contributed by atoms with Gasteiger partial charge in [-0.3, -0.25) is 0 Å². The van der Waals surface area contributed by atoms with E-state index in [0.717, 1.165) is 19.3 Å². The van der Waals surface area contributed by atoms with Gasteiger partial charge in [-0.2, -0.15) is 13.2 Å². The van der Waals surface area contributed by atoms with Gasteiger partial charge in [0.25, 0.3) is 0 Å². The summed E-state index contributed by atoms with van der Waals surface area (Å²) in [5.41, 5.74) is 0.505. The molecule has 1 N–H and O–H groups in total. The van der Waals surface area contributed by atoms with Crippen molar-refractivity contribution < 1.29 is 13.2 Å². The van der Waals surface area contributed by atoms with Crippen molar-refractivity contribution in [1.29, 1.82) is 0 Å². The molecule has 1 heterocycles. The number of rotatable bonds is 4. The SMILES string of the molecule is CCCNc1cc(C2CC2)nc(C(F)(F)F)n1. The molecule has 0 spiro atoms. The van der Waals surface area contributed by atoms with Crippen LogP contribution in [0.1, 0.15) is 43.6 Å². The van der Waals surface area contributed by atoms with Crippen molar-refractivity contribution in [2.45, 2.75) is 38.3 Å². The first-order valence-electron chi connectivity index (χ1n) is 5.70. The molecule has 0 aromatic carbocycles. The second-order valence-electron chi connectivity index (χ2n) is 4.20. The van der Waals surface area contributed by atoms with E-state index in [0.29, 0.717) is 12.2 Å². The van der Waals surface area contributed by atoms with Gasteiger partial charge in [-0.1, -0.05) is 6.92 Å². The Kier molecular flexibility index (Phi) is 3.22. The molecule has 1 fully saturated rings. The van der Waals surface area contributed by atoms with Crippen molar-refractivity contribution in [3.05, 3.63) is 17.6 Å². The molecule has 17 heavy (non-hydrogen) atoms. The van der Waals surface area contributed by atoms with Crippen LogP contribution in [0.25, 0.3) is 0 Å². The minimum absolute atomic E-state index is 0.182. The lowest BCUT2D eigenvalue weighted by molar-refractivity contribution is -0.145. The van der Waals surface area contributed by atoms with E-state index < -0.39 is 12.0 Å². The normalized spacial score (nSPS) is 16.0. The minimum atomic E-state index is -4.48. The average Bonchev–Trinajstić information content (AvgIpc) is 3.08. The smallest absolute Gasteiger partial charge is 0.370 e. The Balaban J connectivity index is 2.28. The fourth-order valence-corrected chi connectivity index (χ4v) is 1.52. The molecule has 2 rings (SSSR count). The van der Waals surface area contributed by atoms with Crippen molar-refractivity contribution in [3.63, 3.8) is 0 Å². The second-order valence-corrected chi connectivity index (χ2v) is 4.20. The molecule has 1 aromatic rings.